The number of anilines is 1. The number of carbonyl (C=O) groups excluding carboxylic acids is 2. The number of hydrogen-bond acceptors (Lipinski definition) is 2. The predicted molar refractivity (Wildman–Crippen MR) is 107 cm³/mol. The Morgan fingerprint density at radius 1 is 1.19 bits per heavy atom. The van der Waals surface area contributed by atoms with Crippen LogP contribution in [0.2, 0.25) is 5.02 Å². The van der Waals surface area contributed by atoms with Crippen molar-refractivity contribution in [1.82, 2.24) is 9.88 Å². The molecular weight excluding hydrogens is 362 g/mol. The number of aromatic amines is 1. The average molecular weight is 382 g/mol. The highest BCUT2D eigenvalue weighted by atomic mass is 35.5. The van der Waals surface area contributed by atoms with Gasteiger partial charge in [-0.25, -0.2) is 0 Å². The zero-order valence-corrected chi connectivity index (χ0v) is 15.5. The quantitative estimate of drug-likeness (QED) is 0.705. The molecule has 0 bridgehead atoms. The van der Waals surface area contributed by atoms with Gasteiger partial charge in [0.05, 0.1) is 5.92 Å². The second-order valence-electron chi connectivity index (χ2n) is 6.85. The fourth-order valence-corrected chi connectivity index (χ4v) is 3.66. The van der Waals surface area contributed by atoms with Crippen LogP contribution in [0.25, 0.3) is 10.9 Å². The van der Waals surface area contributed by atoms with Crippen LogP contribution >= 0.6 is 11.6 Å². The summed E-state index contributed by atoms with van der Waals surface area (Å²) in [4.78, 5) is 29.8. The Morgan fingerprint density at radius 2 is 1.96 bits per heavy atom. The van der Waals surface area contributed by atoms with Crippen molar-refractivity contribution in [2.24, 2.45) is 5.92 Å². The molecule has 1 saturated heterocycles. The Hall–Kier alpha value is -2.79. The van der Waals surface area contributed by atoms with E-state index in [2.05, 4.69) is 16.4 Å². The van der Waals surface area contributed by atoms with Crippen molar-refractivity contribution in [3.63, 3.8) is 0 Å². The number of amides is 2. The zero-order chi connectivity index (χ0) is 18.8. The molecule has 0 aliphatic carbocycles. The summed E-state index contributed by atoms with van der Waals surface area (Å²) in [5.41, 5.74) is 2.97. The molecule has 2 heterocycles. The van der Waals surface area contributed by atoms with Crippen molar-refractivity contribution >= 4 is 40.0 Å². The highest BCUT2D eigenvalue weighted by Crippen LogP contribution is 2.23. The third-order valence-corrected chi connectivity index (χ3v) is 5.28. The lowest BCUT2D eigenvalue weighted by Gasteiger charge is -2.16. The van der Waals surface area contributed by atoms with Crippen LogP contribution in [0.5, 0.6) is 0 Å². The van der Waals surface area contributed by atoms with Gasteiger partial charge in [-0.2, -0.15) is 0 Å². The Kier molecular flexibility index (Phi) is 4.86. The van der Waals surface area contributed by atoms with Gasteiger partial charge in [-0.15, -0.1) is 0 Å². The fraction of sp³-hybridized carbons (Fsp3) is 0.238. The molecule has 1 fully saturated rings. The van der Waals surface area contributed by atoms with Crippen LogP contribution in [0, 0.1) is 5.92 Å². The molecule has 0 saturated carbocycles. The van der Waals surface area contributed by atoms with Crippen molar-refractivity contribution in [3.05, 3.63) is 65.3 Å². The molecule has 2 amide bonds. The average Bonchev–Trinajstić information content (AvgIpc) is 3.25. The standard InChI is InChI=1S/C21H20ClN3O2/c22-16-5-7-17(8-6-16)24-21(27)15-11-20(26)25(13-15)10-9-14-12-23-19-4-2-1-3-18(14)19/h1-8,12,15,23H,9-11,13H2,(H,24,27). The van der Waals surface area contributed by atoms with Gasteiger partial charge in [0.25, 0.3) is 0 Å². The molecule has 27 heavy (non-hydrogen) atoms. The molecule has 4 rings (SSSR count). The lowest BCUT2D eigenvalue weighted by Crippen LogP contribution is -2.30. The summed E-state index contributed by atoms with van der Waals surface area (Å²) in [5.74, 6) is -0.414. The molecule has 1 unspecified atom stereocenters. The first-order chi connectivity index (χ1) is 13.1. The molecule has 6 heteroatoms. The minimum Gasteiger partial charge on any atom is -0.361 e. The topological polar surface area (TPSA) is 65.2 Å². The Labute approximate surface area is 162 Å². The van der Waals surface area contributed by atoms with Gasteiger partial charge in [0.15, 0.2) is 0 Å². The molecule has 5 nitrogen and oxygen atoms in total. The van der Waals surface area contributed by atoms with Crippen LogP contribution in [0.4, 0.5) is 5.69 Å². The van der Waals surface area contributed by atoms with E-state index in [0.717, 1.165) is 11.9 Å². The van der Waals surface area contributed by atoms with Crippen LogP contribution < -0.4 is 5.32 Å². The van der Waals surface area contributed by atoms with Gasteiger partial charge in [-0.1, -0.05) is 29.8 Å². The number of aromatic nitrogens is 1. The number of likely N-dealkylation sites (tertiary alicyclic amines) is 1. The normalized spacial score (nSPS) is 16.9. The number of benzene rings is 2. The molecule has 1 aliphatic heterocycles. The fourth-order valence-electron chi connectivity index (χ4n) is 3.54. The summed E-state index contributed by atoms with van der Waals surface area (Å²) in [6, 6.07) is 15.1. The van der Waals surface area contributed by atoms with Gasteiger partial charge in [0.1, 0.15) is 0 Å². The number of rotatable bonds is 5. The first kappa shape index (κ1) is 17.6. The SMILES string of the molecule is O=C(Nc1ccc(Cl)cc1)C1CC(=O)N(CCc2c[nH]c3ccccc23)C1. The first-order valence-corrected chi connectivity index (χ1v) is 9.37. The van der Waals surface area contributed by atoms with Crippen molar-refractivity contribution in [2.75, 3.05) is 18.4 Å². The van der Waals surface area contributed by atoms with Crippen LogP contribution in [0.15, 0.2) is 54.7 Å². The van der Waals surface area contributed by atoms with E-state index in [-0.39, 0.29) is 24.2 Å². The number of carbonyl (C=O) groups is 2. The van der Waals surface area contributed by atoms with Crippen LogP contribution in [-0.4, -0.2) is 34.8 Å². The number of halogens is 1. The van der Waals surface area contributed by atoms with Gasteiger partial charge in [0, 0.05) is 47.3 Å². The molecule has 0 spiro atoms. The van der Waals surface area contributed by atoms with Crippen molar-refractivity contribution in [3.8, 4) is 0 Å². The maximum atomic E-state index is 12.5. The summed E-state index contributed by atoms with van der Waals surface area (Å²) in [6.45, 7) is 1.08. The minimum absolute atomic E-state index is 0.0334. The summed E-state index contributed by atoms with van der Waals surface area (Å²) in [6.07, 6.45) is 3.02. The van der Waals surface area contributed by atoms with Gasteiger partial charge in [-0.05, 0) is 42.3 Å². The highest BCUT2D eigenvalue weighted by Gasteiger charge is 2.34. The molecule has 1 atom stereocenters. The number of hydrogen-bond donors (Lipinski definition) is 2. The molecule has 2 aromatic carbocycles. The third kappa shape index (κ3) is 3.83. The molecule has 1 aliphatic rings. The van der Waals surface area contributed by atoms with E-state index in [1.54, 1.807) is 29.2 Å². The van der Waals surface area contributed by atoms with E-state index in [1.807, 2.05) is 24.4 Å². The van der Waals surface area contributed by atoms with E-state index in [1.165, 1.54) is 10.9 Å². The number of H-pyrrole nitrogens is 1. The zero-order valence-electron chi connectivity index (χ0n) is 14.7. The molecule has 138 valence electrons. The van der Waals surface area contributed by atoms with Crippen LogP contribution in [0.1, 0.15) is 12.0 Å². The number of nitrogens with one attached hydrogen (secondary N) is 2. The summed E-state index contributed by atoms with van der Waals surface area (Å²) >= 11 is 5.86. The smallest absolute Gasteiger partial charge is 0.229 e. The number of fused-ring (bicyclic) bond motifs is 1. The Bertz CT molecular complexity index is 981. The van der Waals surface area contributed by atoms with Crippen molar-refractivity contribution < 1.29 is 9.59 Å². The minimum atomic E-state index is -0.323. The third-order valence-electron chi connectivity index (χ3n) is 5.02. The molecule has 0 radical (unpaired) electrons. The Morgan fingerprint density at radius 3 is 2.78 bits per heavy atom. The lowest BCUT2D eigenvalue weighted by atomic mass is 10.1. The van der Waals surface area contributed by atoms with E-state index < -0.39 is 0 Å². The number of para-hydroxylation sites is 1. The lowest BCUT2D eigenvalue weighted by molar-refractivity contribution is -0.128. The van der Waals surface area contributed by atoms with E-state index in [4.69, 9.17) is 11.6 Å². The van der Waals surface area contributed by atoms with Gasteiger partial charge in [0.2, 0.25) is 11.8 Å². The maximum absolute atomic E-state index is 12.5. The van der Waals surface area contributed by atoms with Gasteiger partial charge >= 0.3 is 0 Å². The summed E-state index contributed by atoms with van der Waals surface area (Å²) in [7, 11) is 0. The Balaban J connectivity index is 1.36. The van der Waals surface area contributed by atoms with Gasteiger partial charge < -0.3 is 15.2 Å². The molecule has 3 aromatic rings. The molecular formula is C21H20ClN3O2. The predicted octanol–water partition coefficient (Wildman–Crippen LogP) is 3.85. The summed E-state index contributed by atoms with van der Waals surface area (Å²) < 4.78 is 0. The van der Waals surface area contributed by atoms with Crippen molar-refractivity contribution in [1.29, 1.82) is 0 Å². The molecule has 2 N–H and O–H groups in total. The monoisotopic (exact) mass is 381 g/mol. The largest absolute Gasteiger partial charge is 0.361 e. The molecule has 1 aromatic heterocycles. The maximum Gasteiger partial charge on any atom is 0.229 e. The second kappa shape index (κ2) is 7.45. The van der Waals surface area contributed by atoms with Crippen molar-refractivity contribution in [2.45, 2.75) is 12.8 Å². The van der Waals surface area contributed by atoms with Gasteiger partial charge in [-0.3, -0.25) is 9.59 Å². The van der Waals surface area contributed by atoms with Crippen LogP contribution in [0.3, 0.4) is 0 Å². The second-order valence-corrected chi connectivity index (χ2v) is 7.28. The summed E-state index contributed by atoms with van der Waals surface area (Å²) in [5, 5.41) is 4.66. The first-order valence-electron chi connectivity index (χ1n) is 8.99. The van der Waals surface area contributed by atoms with E-state index >= 15 is 0 Å². The van der Waals surface area contributed by atoms with E-state index in [9.17, 15) is 9.59 Å². The van der Waals surface area contributed by atoms with Crippen LogP contribution in [-0.2, 0) is 16.0 Å². The number of nitrogens with zero attached hydrogens (tertiary/aromatic N) is 1. The highest BCUT2D eigenvalue weighted by molar-refractivity contribution is 6.30. The van der Waals surface area contributed by atoms with E-state index in [0.29, 0.717) is 23.8 Å².